The van der Waals surface area contributed by atoms with Crippen molar-refractivity contribution in [3.05, 3.63) is 23.8 Å². The number of anilines is 1. The quantitative estimate of drug-likeness (QED) is 0.438. The van der Waals surface area contributed by atoms with Crippen LogP contribution in [0.5, 0.6) is 5.75 Å². The molecule has 100 valence electrons. The van der Waals surface area contributed by atoms with Crippen LogP contribution in [0.2, 0.25) is 0 Å². The monoisotopic (exact) mass is 253 g/mol. The summed E-state index contributed by atoms with van der Waals surface area (Å²) in [6.45, 7) is 0.749. The Morgan fingerprint density at radius 1 is 1.33 bits per heavy atom. The second-order valence-electron chi connectivity index (χ2n) is 3.87. The van der Waals surface area contributed by atoms with Crippen LogP contribution in [0, 0.1) is 0 Å². The molecule has 1 rings (SSSR count). The van der Waals surface area contributed by atoms with Crippen molar-refractivity contribution >= 4 is 11.7 Å². The number of hydrogen-bond acceptors (Lipinski definition) is 5. The maximum atomic E-state index is 11.4. The third kappa shape index (κ3) is 4.25. The van der Waals surface area contributed by atoms with Crippen molar-refractivity contribution < 1.29 is 19.4 Å². The summed E-state index contributed by atoms with van der Waals surface area (Å²) in [4.78, 5) is 11.4. The molecule has 0 unspecified atom stereocenters. The van der Waals surface area contributed by atoms with Gasteiger partial charge in [-0.2, -0.15) is 0 Å². The second-order valence-corrected chi connectivity index (χ2v) is 3.87. The fourth-order valence-electron chi connectivity index (χ4n) is 1.49. The summed E-state index contributed by atoms with van der Waals surface area (Å²) in [5.41, 5.74) is 6.36. The number of aliphatic hydroxyl groups excluding tert-OH is 1. The minimum atomic E-state index is -0.474. The lowest BCUT2D eigenvalue weighted by Crippen LogP contribution is -2.06. The zero-order chi connectivity index (χ0) is 13.4. The lowest BCUT2D eigenvalue weighted by atomic mass is 10.1. The number of carbonyl (C=O) groups is 1. The first-order valence-corrected chi connectivity index (χ1v) is 5.90. The second kappa shape index (κ2) is 7.55. The highest BCUT2D eigenvalue weighted by molar-refractivity contribution is 5.95. The molecule has 1 aromatic carbocycles. The maximum Gasteiger partial charge on any atom is 0.340 e. The van der Waals surface area contributed by atoms with Gasteiger partial charge in [0.15, 0.2) is 0 Å². The summed E-state index contributed by atoms with van der Waals surface area (Å²) in [6, 6.07) is 4.91. The van der Waals surface area contributed by atoms with Crippen molar-refractivity contribution in [1.29, 1.82) is 0 Å². The number of esters is 1. The number of carbonyl (C=O) groups excluding carboxylic acids is 1. The molecule has 18 heavy (non-hydrogen) atoms. The largest absolute Gasteiger partial charge is 0.494 e. The first-order valence-electron chi connectivity index (χ1n) is 5.90. The Bertz CT molecular complexity index is 393. The van der Waals surface area contributed by atoms with Crippen molar-refractivity contribution in [1.82, 2.24) is 0 Å². The van der Waals surface area contributed by atoms with E-state index in [9.17, 15) is 4.79 Å². The van der Waals surface area contributed by atoms with E-state index in [0.29, 0.717) is 23.6 Å². The van der Waals surface area contributed by atoms with Crippen LogP contribution in [0.25, 0.3) is 0 Å². The number of nitrogen functional groups attached to an aromatic ring is 1. The average molecular weight is 253 g/mol. The molecule has 0 bridgehead atoms. The molecule has 0 radical (unpaired) electrons. The van der Waals surface area contributed by atoms with Crippen LogP contribution in [0.1, 0.15) is 29.6 Å². The number of methoxy groups -OCH3 is 1. The van der Waals surface area contributed by atoms with Crippen LogP contribution in [-0.4, -0.2) is 31.4 Å². The van der Waals surface area contributed by atoms with Gasteiger partial charge in [0.1, 0.15) is 5.75 Å². The van der Waals surface area contributed by atoms with E-state index in [1.165, 1.54) is 7.11 Å². The van der Waals surface area contributed by atoms with Gasteiger partial charge in [-0.3, -0.25) is 0 Å². The Morgan fingerprint density at radius 2 is 2.11 bits per heavy atom. The number of benzene rings is 1. The van der Waals surface area contributed by atoms with Gasteiger partial charge in [0.05, 0.1) is 19.3 Å². The molecule has 5 nitrogen and oxygen atoms in total. The predicted molar refractivity (Wildman–Crippen MR) is 68.6 cm³/mol. The molecular weight excluding hydrogens is 234 g/mol. The molecule has 0 aliphatic rings. The van der Waals surface area contributed by atoms with Crippen LogP contribution in [-0.2, 0) is 4.74 Å². The van der Waals surface area contributed by atoms with Crippen molar-refractivity contribution in [3.63, 3.8) is 0 Å². The summed E-state index contributed by atoms with van der Waals surface area (Å²) >= 11 is 0. The van der Waals surface area contributed by atoms with Crippen LogP contribution in [0.15, 0.2) is 18.2 Å². The van der Waals surface area contributed by atoms with Crippen LogP contribution in [0.3, 0.4) is 0 Å². The molecule has 0 fully saturated rings. The Kier molecular flexibility index (Phi) is 6.00. The van der Waals surface area contributed by atoms with E-state index in [4.69, 9.17) is 15.6 Å². The molecule has 0 saturated heterocycles. The number of ether oxygens (including phenoxy) is 2. The van der Waals surface area contributed by atoms with Gasteiger partial charge in [-0.25, -0.2) is 4.79 Å². The average Bonchev–Trinajstić information content (AvgIpc) is 2.39. The minimum Gasteiger partial charge on any atom is -0.494 e. The van der Waals surface area contributed by atoms with Crippen molar-refractivity contribution in [2.75, 3.05) is 26.1 Å². The topological polar surface area (TPSA) is 81.8 Å². The lowest BCUT2D eigenvalue weighted by Gasteiger charge is -2.09. The third-order valence-electron chi connectivity index (χ3n) is 2.50. The summed E-state index contributed by atoms with van der Waals surface area (Å²) in [5, 5.41) is 8.63. The van der Waals surface area contributed by atoms with Gasteiger partial charge in [0, 0.05) is 12.3 Å². The third-order valence-corrected chi connectivity index (χ3v) is 2.50. The number of aliphatic hydroxyl groups is 1. The molecule has 3 N–H and O–H groups in total. The van der Waals surface area contributed by atoms with E-state index in [0.717, 1.165) is 19.3 Å². The molecule has 0 aromatic heterocycles. The standard InChI is InChI=1S/C13H19NO4/c1-17-13(16)11-9-10(5-6-12(11)14)18-8-4-2-3-7-15/h5-6,9,15H,2-4,7-8,14H2,1H3. The zero-order valence-electron chi connectivity index (χ0n) is 10.5. The van der Waals surface area contributed by atoms with E-state index in [-0.39, 0.29) is 6.61 Å². The smallest absolute Gasteiger partial charge is 0.340 e. The van der Waals surface area contributed by atoms with Crippen molar-refractivity contribution in [3.8, 4) is 5.75 Å². The molecular formula is C13H19NO4. The first-order chi connectivity index (χ1) is 8.69. The Labute approximate surface area is 107 Å². The predicted octanol–water partition coefficient (Wildman–Crippen LogP) is 1.60. The SMILES string of the molecule is COC(=O)c1cc(OCCCCCO)ccc1N. The molecule has 0 amide bonds. The Morgan fingerprint density at radius 3 is 2.78 bits per heavy atom. The molecule has 0 aliphatic carbocycles. The van der Waals surface area contributed by atoms with E-state index in [1.807, 2.05) is 0 Å². The highest BCUT2D eigenvalue weighted by Gasteiger charge is 2.10. The number of hydrogen-bond donors (Lipinski definition) is 2. The molecule has 0 spiro atoms. The normalized spacial score (nSPS) is 10.1. The Hall–Kier alpha value is -1.75. The zero-order valence-corrected chi connectivity index (χ0v) is 10.5. The summed E-state index contributed by atoms with van der Waals surface area (Å²) in [5.74, 6) is 0.117. The van der Waals surface area contributed by atoms with Gasteiger partial charge in [0.2, 0.25) is 0 Å². The fraction of sp³-hybridized carbons (Fsp3) is 0.462. The highest BCUT2D eigenvalue weighted by Crippen LogP contribution is 2.20. The van der Waals surface area contributed by atoms with Gasteiger partial charge in [0.25, 0.3) is 0 Å². The van der Waals surface area contributed by atoms with E-state index in [1.54, 1.807) is 18.2 Å². The minimum absolute atomic E-state index is 0.203. The van der Waals surface area contributed by atoms with E-state index in [2.05, 4.69) is 4.74 Å². The number of nitrogens with two attached hydrogens (primary N) is 1. The number of rotatable bonds is 7. The van der Waals surface area contributed by atoms with Gasteiger partial charge in [-0.15, -0.1) is 0 Å². The van der Waals surface area contributed by atoms with Crippen LogP contribution in [0.4, 0.5) is 5.69 Å². The van der Waals surface area contributed by atoms with Gasteiger partial charge in [-0.05, 0) is 37.5 Å². The number of unbranched alkanes of at least 4 members (excludes halogenated alkanes) is 2. The van der Waals surface area contributed by atoms with E-state index < -0.39 is 5.97 Å². The molecule has 5 heteroatoms. The fourth-order valence-corrected chi connectivity index (χ4v) is 1.49. The molecule has 0 atom stereocenters. The van der Waals surface area contributed by atoms with E-state index >= 15 is 0 Å². The molecule has 0 saturated carbocycles. The maximum absolute atomic E-state index is 11.4. The Balaban J connectivity index is 2.54. The van der Waals surface area contributed by atoms with Gasteiger partial charge >= 0.3 is 5.97 Å². The summed E-state index contributed by atoms with van der Waals surface area (Å²) in [7, 11) is 1.31. The molecule has 0 heterocycles. The van der Waals surface area contributed by atoms with Crippen molar-refractivity contribution in [2.45, 2.75) is 19.3 Å². The highest BCUT2D eigenvalue weighted by atomic mass is 16.5. The first kappa shape index (κ1) is 14.3. The molecule has 0 aliphatic heterocycles. The lowest BCUT2D eigenvalue weighted by molar-refractivity contribution is 0.0601. The van der Waals surface area contributed by atoms with Crippen LogP contribution >= 0.6 is 0 Å². The van der Waals surface area contributed by atoms with Gasteiger partial charge in [-0.1, -0.05) is 0 Å². The summed E-state index contributed by atoms with van der Waals surface area (Å²) < 4.78 is 10.1. The van der Waals surface area contributed by atoms with Gasteiger partial charge < -0.3 is 20.3 Å². The summed E-state index contributed by atoms with van der Waals surface area (Å²) in [6.07, 6.45) is 2.55. The van der Waals surface area contributed by atoms with Crippen molar-refractivity contribution in [2.24, 2.45) is 0 Å². The van der Waals surface area contributed by atoms with Crippen LogP contribution < -0.4 is 10.5 Å². The molecule has 1 aromatic rings.